The van der Waals surface area contributed by atoms with E-state index in [9.17, 15) is 0 Å². The Morgan fingerprint density at radius 2 is 1.40 bits per heavy atom. The molecule has 0 aromatic heterocycles. The Bertz CT molecular complexity index is 436. The van der Waals surface area contributed by atoms with E-state index in [1.54, 1.807) is 0 Å². The summed E-state index contributed by atoms with van der Waals surface area (Å²) in [5.74, 6) is 0. The minimum atomic E-state index is 0.0311. The lowest BCUT2D eigenvalue weighted by atomic mass is 9.95. The van der Waals surface area contributed by atoms with Crippen molar-refractivity contribution in [3.63, 3.8) is 0 Å². The van der Waals surface area contributed by atoms with Crippen molar-refractivity contribution in [1.29, 1.82) is 0 Å². The van der Waals surface area contributed by atoms with Gasteiger partial charge in [0.25, 0.3) is 0 Å². The third-order valence-corrected chi connectivity index (χ3v) is 3.36. The lowest BCUT2D eigenvalue weighted by Crippen LogP contribution is -2.28. The number of rotatable bonds is 7. The van der Waals surface area contributed by atoms with Gasteiger partial charge >= 0.3 is 0 Å². The van der Waals surface area contributed by atoms with Crippen LogP contribution in [0.15, 0.2) is 60.7 Å². The number of hydrogen-bond acceptors (Lipinski definition) is 2. The fraction of sp³-hybridized carbons (Fsp3) is 0.333. The van der Waals surface area contributed by atoms with Crippen LogP contribution < -0.4 is 5.32 Å². The van der Waals surface area contributed by atoms with Crippen LogP contribution in [0.4, 0.5) is 0 Å². The van der Waals surface area contributed by atoms with E-state index in [2.05, 4.69) is 60.8 Å². The van der Waals surface area contributed by atoms with Gasteiger partial charge in [0.15, 0.2) is 0 Å². The van der Waals surface area contributed by atoms with E-state index in [1.165, 1.54) is 11.1 Å². The van der Waals surface area contributed by atoms with Crippen LogP contribution in [0, 0.1) is 0 Å². The summed E-state index contributed by atoms with van der Waals surface area (Å²) in [5, 5.41) is 3.56. The van der Waals surface area contributed by atoms with Crippen LogP contribution in [-0.4, -0.2) is 13.2 Å². The van der Waals surface area contributed by atoms with Gasteiger partial charge in [-0.05, 0) is 24.6 Å². The normalized spacial score (nSPS) is 13.9. The average Bonchev–Trinajstić information content (AvgIpc) is 2.52. The zero-order valence-corrected chi connectivity index (χ0v) is 12.3. The Labute approximate surface area is 121 Å². The van der Waals surface area contributed by atoms with Crippen LogP contribution in [0.2, 0.25) is 0 Å². The van der Waals surface area contributed by atoms with Crippen molar-refractivity contribution in [1.82, 2.24) is 5.32 Å². The Morgan fingerprint density at radius 3 is 1.90 bits per heavy atom. The highest BCUT2D eigenvalue weighted by atomic mass is 16.5. The molecule has 2 aromatic rings. The summed E-state index contributed by atoms with van der Waals surface area (Å²) in [5.41, 5.74) is 2.47. The maximum Gasteiger partial charge on any atom is 0.102 e. The molecule has 0 spiro atoms. The van der Waals surface area contributed by atoms with E-state index in [1.807, 2.05) is 19.1 Å². The molecule has 0 saturated heterocycles. The predicted molar refractivity (Wildman–Crippen MR) is 83.7 cm³/mol. The second kappa shape index (κ2) is 7.83. The fourth-order valence-corrected chi connectivity index (χ4v) is 2.49. The molecule has 0 heterocycles. The van der Waals surface area contributed by atoms with Crippen molar-refractivity contribution in [2.24, 2.45) is 0 Å². The molecule has 0 aliphatic rings. The molecule has 0 amide bonds. The van der Waals surface area contributed by atoms with Gasteiger partial charge in [0.2, 0.25) is 0 Å². The molecule has 0 fully saturated rings. The van der Waals surface area contributed by atoms with E-state index in [0.29, 0.717) is 6.61 Å². The molecule has 0 aliphatic heterocycles. The topological polar surface area (TPSA) is 21.3 Å². The molecule has 1 N–H and O–H groups in total. The maximum absolute atomic E-state index is 6.03. The van der Waals surface area contributed by atoms with Crippen LogP contribution in [0.1, 0.15) is 37.1 Å². The molecule has 2 heteroatoms. The lowest BCUT2D eigenvalue weighted by molar-refractivity contribution is 0.0331. The second-order valence-corrected chi connectivity index (χ2v) is 4.73. The van der Waals surface area contributed by atoms with Crippen LogP contribution in [0.3, 0.4) is 0 Å². The molecular formula is C18H23NO. The summed E-state index contributed by atoms with van der Waals surface area (Å²) in [7, 11) is 0. The van der Waals surface area contributed by atoms with Crippen molar-refractivity contribution >= 4 is 0 Å². The van der Waals surface area contributed by atoms with Gasteiger partial charge in [0, 0.05) is 6.61 Å². The summed E-state index contributed by atoms with van der Waals surface area (Å²) in [6, 6.07) is 21.1. The van der Waals surface area contributed by atoms with Crippen LogP contribution in [0.5, 0.6) is 0 Å². The molecule has 2 atom stereocenters. The average molecular weight is 269 g/mol. The number of hydrogen-bond donors (Lipinski definition) is 1. The molecule has 0 radical (unpaired) electrons. The first-order valence-corrected chi connectivity index (χ1v) is 7.31. The van der Waals surface area contributed by atoms with E-state index < -0.39 is 0 Å². The van der Waals surface area contributed by atoms with Gasteiger partial charge in [-0.25, -0.2) is 0 Å². The fourth-order valence-electron chi connectivity index (χ4n) is 2.49. The number of likely N-dealkylation sites (N-methyl/N-ethyl adjacent to an activating group) is 1. The Kier molecular flexibility index (Phi) is 5.78. The van der Waals surface area contributed by atoms with Gasteiger partial charge in [-0.2, -0.15) is 0 Å². The van der Waals surface area contributed by atoms with Gasteiger partial charge in [0.1, 0.15) is 6.10 Å². The summed E-state index contributed by atoms with van der Waals surface area (Å²) in [6.45, 7) is 5.79. The smallest absolute Gasteiger partial charge is 0.102 e. The zero-order valence-electron chi connectivity index (χ0n) is 12.3. The highest BCUT2D eigenvalue weighted by Gasteiger charge is 2.24. The van der Waals surface area contributed by atoms with E-state index in [4.69, 9.17) is 4.74 Å². The Balaban J connectivity index is 2.33. The Morgan fingerprint density at radius 1 is 0.850 bits per heavy atom. The summed E-state index contributed by atoms with van der Waals surface area (Å²) in [6.07, 6.45) is 0.0311. The largest absolute Gasteiger partial charge is 0.372 e. The molecule has 2 nitrogen and oxygen atoms in total. The highest BCUT2D eigenvalue weighted by Crippen LogP contribution is 2.31. The lowest BCUT2D eigenvalue weighted by Gasteiger charge is -2.28. The van der Waals surface area contributed by atoms with Gasteiger partial charge in [0.05, 0.1) is 6.04 Å². The van der Waals surface area contributed by atoms with Gasteiger partial charge in [-0.3, -0.25) is 0 Å². The molecule has 2 rings (SSSR count). The van der Waals surface area contributed by atoms with Crippen molar-refractivity contribution in [2.45, 2.75) is 26.0 Å². The van der Waals surface area contributed by atoms with E-state index in [-0.39, 0.29) is 12.1 Å². The minimum Gasteiger partial charge on any atom is -0.372 e. The molecule has 2 aromatic carbocycles. The van der Waals surface area contributed by atoms with Crippen LogP contribution >= 0.6 is 0 Å². The maximum atomic E-state index is 6.03. The molecular weight excluding hydrogens is 246 g/mol. The standard InChI is InChI=1S/C18H23NO/c1-3-19-17(15-11-7-5-8-12-15)18(20-4-2)16-13-9-6-10-14-16/h5-14,17-19H,3-4H2,1-2H3. The highest BCUT2D eigenvalue weighted by molar-refractivity contribution is 5.26. The number of nitrogens with one attached hydrogen (secondary N) is 1. The van der Waals surface area contributed by atoms with Crippen molar-refractivity contribution in [3.05, 3.63) is 71.8 Å². The zero-order chi connectivity index (χ0) is 14.2. The SMILES string of the molecule is CCNC(c1ccccc1)C(OCC)c1ccccc1. The molecule has 0 aliphatic carbocycles. The van der Waals surface area contributed by atoms with Gasteiger partial charge < -0.3 is 10.1 Å². The Hall–Kier alpha value is -1.64. The molecule has 106 valence electrons. The van der Waals surface area contributed by atoms with Crippen molar-refractivity contribution in [3.8, 4) is 0 Å². The number of benzene rings is 2. The first kappa shape index (κ1) is 14.8. The van der Waals surface area contributed by atoms with Crippen molar-refractivity contribution in [2.75, 3.05) is 13.2 Å². The number of ether oxygens (including phenoxy) is 1. The summed E-state index contributed by atoms with van der Waals surface area (Å²) < 4.78 is 6.03. The monoisotopic (exact) mass is 269 g/mol. The molecule has 20 heavy (non-hydrogen) atoms. The van der Waals surface area contributed by atoms with Gasteiger partial charge in [-0.1, -0.05) is 67.6 Å². The first-order chi connectivity index (χ1) is 9.86. The third kappa shape index (κ3) is 3.69. The first-order valence-electron chi connectivity index (χ1n) is 7.31. The molecule has 0 bridgehead atoms. The van der Waals surface area contributed by atoms with Gasteiger partial charge in [-0.15, -0.1) is 0 Å². The van der Waals surface area contributed by atoms with Crippen LogP contribution in [-0.2, 0) is 4.74 Å². The predicted octanol–water partition coefficient (Wildman–Crippen LogP) is 4.12. The van der Waals surface area contributed by atoms with Crippen LogP contribution in [0.25, 0.3) is 0 Å². The second-order valence-electron chi connectivity index (χ2n) is 4.73. The van der Waals surface area contributed by atoms with E-state index >= 15 is 0 Å². The summed E-state index contributed by atoms with van der Waals surface area (Å²) in [4.78, 5) is 0. The third-order valence-electron chi connectivity index (χ3n) is 3.36. The molecule has 2 unspecified atom stereocenters. The molecule has 0 saturated carbocycles. The minimum absolute atomic E-state index is 0.0311. The van der Waals surface area contributed by atoms with Crippen molar-refractivity contribution < 1.29 is 4.74 Å². The summed E-state index contributed by atoms with van der Waals surface area (Å²) >= 11 is 0. The van der Waals surface area contributed by atoms with E-state index in [0.717, 1.165) is 6.54 Å². The quantitative estimate of drug-likeness (QED) is 0.816.